The van der Waals surface area contributed by atoms with E-state index in [0.29, 0.717) is 12.3 Å². The molecule has 0 heterocycles. The molecule has 1 rings (SSSR count). The Morgan fingerprint density at radius 2 is 1.88 bits per heavy atom. The summed E-state index contributed by atoms with van der Waals surface area (Å²) in [5, 5.41) is 2.00. The van der Waals surface area contributed by atoms with Crippen LogP contribution in [0.1, 0.15) is 51.9 Å². The average Bonchev–Trinajstić information content (AvgIpc) is 2.23. The summed E-state index contributed by atoms with van der Waals surface area (Å²) in [4.78, 5) is 10.7. The second-order valence-electron chi connectivity index (χ2n) is 4.88. The third kappa shape index (κ3) is 5.41. The lowest BCUT2D eigenvalue weighted by Gasteiger charge is -2.25. The number of hydrogen-bond acceptors (Lipinski definition) is 1. The van der Waals surface area contributed by atoms with Gasteiger partial charge in [-0.1, -0.05) is 32.1 Å². The van der Waals surface area contributed by atoms with Gasteiger partial charge in [-0.3, -0.25) is 4.79 Å². The van der Waals surface area contributed by atoms with Gasteiger partial charge in [0.05, 0.1) is 0 Å². The lowest BCUT2D eigenvalue weighted by atomic mass is 9.85. The van der Waals surface area contributed by atoms with E-state index < -0.39 is 18.1 Å². The number of hydrogen-bond donors (Lipinski definition) is 1. The van der Waals surface area contributed by atoms with Crippen LogP contribution in [0.5, 0.6) is 0 Å². The number of nitrogens with one attached hydrogen (secondary N) is 1. The van der Waals surface area contributed by atoms with Crippen molar-refractivity contribution in [2.24, 2.45) is 5.92 Å². The normalized spacial score (nSPS) is 20.0. The number of carbonyl (C=O) groups excluding carboxylic acids is 1. The molecule has 1 saturated carbocycles. The van der Waals surface area contributed by atoms with Crippen molar-refractivity contribution in [2.75, 3.05) is 0 Å². The zero-order chi connectivity index (χ0) is 12.9. The summed E-state index contributed by atoms with van der Waals surface area (Å²) < 4.78 is 37.9. The van der Waals surface area contributed by atoms with Crippen LogP contribution in [0.15, 0.2) is 0 Å². The van der Waals surface area contributed by atoms with E-state index in [-0.39, 0.29) is 6.42 Å². The van der Waals surface area contributed by atoms with Crippen LogP contribution < -0.4 is 5.32 Å². The van der Waals surface area contributed by atoms with Crippen LogP contribution in [0.3, 0.4) is 0 Å². The summed E-state index contributed by atoms with van der Waals surface area (Å²) in [6, 6.07) is -1.68. The molecule has 0 spiro atoms. The third-order valence-corrected chi connectivity index (χ3v) is 3.36. The molecule has 1 aliphatic carbocycles. The van der Waals surface area contributed by atoms with Crippen molar-refractivity contribution in [3.8, 4) is 0 Å². The number of amides is 1. The minimum absolute atomic E-state index is 0.00769. The Morgan fingerprint density at radius 3 is 2.35 bits per heavy atom. The smallest absolute Gasteiger partial charge is 0.345 e. The standard InChI is InChI=1S/C12H20F3NO/c1-9(17)16-11(12(13,14)15)8-7-10-5-3-2-4-6-10/h10-11H,2-8H2,1H3,(H,16,17)/t11-/m0/s1. The Balaban J connectivity index is 2.40. The molecule has 5 heteroatoms. The monoisotopic (exact) mass is 251 g/mol. The molecule has 1 fully saturated rings. The Bertz CT molecular complexity index is 247. The van der Waals surface area contributed by atoms with E-state index in [9.17, 15) is 18.0 Å². The molecular formula is C12H20F3NO. The molecule has 0 saturated heterocycles. The van der Waals surface area contributed by atoms with Crippen molar-refractivity contribution in [3.63, 3.8) is 0 Å². The molecule has 1 amide bonds. The number of halogens is 3. The topological polar surface area (TPSA) is 29.1 Å². The van der Waals surface area contributed by atoms with Gasteiger partial charge in [0.1, 0.15) is 6.04 Å². The second kappa shape index (κ2) is 6.26. The summed E-state index contributed by atoms with van der Waals surface area (Å²) in [6.07, 6.45) is 1.75. The van der Waals surface area contributed by atoms with Crippen molar-refractivity contribution in [2.45, 2.75) is 64.1 Å². The maximum atomic E-state index is 12.6. The lowest BCUT2D eigenvalue weighted by molar-refractivity contribution is -0.163. The van der Waals surface area contributed by atoms with Crippen LogP contribution >= 0.6 is 0 Å². The average molecular weight is 251 g/mol. The van der Waals surface area contributed by atoms with Crippen molar-refractivity contribution < 1.29 is 18.0 Å². The first kappa shape index (κ1) is 14.3. The first-order valence-electron chi connectivity index (χ1n) is 6.23. The van der Waals surface area contributed by atoms with Crippen molar-refractivity contribution >= 4 is 5.91 Å². The largest absolute Gasteiger partial charge is 0.408 e. The molecule has 17 heavy (non-hydrogen) atoms. The van der Waals surface area contributed by atoms with E-state index in [1.807, 2.05) is 5.32 Å². The fraction of sp³-hybridized carbons (Fsp3) is 0.917. The third-order valence-electron chi connectivity index (χ3n) is 3.36. The Hall–Kier alpha value is -0.740. The van der Waals surface area contributed by atoms with Crippen LogP contribution in [-0.4, -0.2) is 18.1 Å². The van der Waals surface area contributed by atoms with Gasteiger partial charge in [0, 0.05) is 6.92 Å². The van der Waals surface area contributed by atoms with E-state index in [1.165, 1.54) is 6.42 Å². The maximum absolute atomic E-state index is 12.6. The number of carbonyl (C=O) groups is 1. The van der Waals surface area contributed by atoms with Crippen molar-refractivity contribution in [1.29, 1.82) is 0 Å². The molecule has 0 radical (unpaired) electrons. The SMILES string of the molecule is CC(=O)N[C@@H](CCC1CCCCC1)C(F)(F)F. The van der Waals surface area contributed by atoms with Gasteiger partial charge in [-0.25, -0.2) is 0 Å². The fourth-order valence-electron chi connectivity index (χ4n) is 2.44. The van der Waals surface area contributed by atoms with Crippen LogP contribution in [0.2, 0.25) is 0 Å². The minimum Gasteiger partial charge on any atom is -0.345 e. The molecule has 0 bridgehead atoms. The molecule has 0 aliphatic heterocycles. The minimum atomic E-state index is -4.33. The van der Waals surface area contributed by atoms with Gasteiger partial charge in [-0.05, 0) is 18.8 Å². The van der Waals surface area contributed by atoms with Crippen LogP contribution in [0, 0.1) is 5.92 Å². The first-order valence-corrected chi connectivity index (χ1v) is 6.23. The van der Waals surface area contributed by atoms with Gasteiger partial charge in [-0.2, -0.15) is 13.2 Å². The highest BCUT2D eigenvalue weighted by Gasteiger charge is 2.40. The van der Waals surface area contributed by atoms with Crippen molar-refractivity contribution in [3.05, 3.63) is 0 Å². The highest BCUT2D eigenvalue weighted by molar-refractivity contribution is 5.73. The molecule has 1 N–H and O–H groups in total. The molecular weight excluding hydrogens is 231 g/mol. The summed E-state index contributed by atoms with van der Waals surface area (Å²) in [7, 11) is 0. The first-order chi connectivity index (χ1) is 7.89. The predicted octanol–water partition coefficient (Wildman–Crippen LogP) is 3.41. The Morgan fingerprint density at radius 1 is 1.29 bits per heavy atom. The van der Waals surface area contributed by atoms with Gasteiger partial charge < -0.3 is 5.32 Å². The predicted molar refractivity (Wildman–Crippen MR) is 59.5 cm³/mol. The lowest BCUT2D eigenvalue weighted by Crippen LogP contribution is -2.44. The highest BCUT2D eigenvalue weighted by Crippen LogP contribution is 2.30. The van der Waals surface area contributed by atoms with Gasteiger partial charge in [-0.15, -0.1) is 0 Å². The summed E-state index contributed by atoms with van der Waals surface area (Å²) in [5.41, 5.74) is 0. The molecule has 1 aliphatic rings. The maximum Gasteiger partial charge on any atom is 0.408 e. The van der Waals surface area contributed by atoms with E-state index in [2.05, 4.69) is 0 Å². The zero-order valence-electron chi connectivity index (χ0n) is 10.1. The van der Waals surface area contributed by atoms with Gasteiger partial charge in [0.25, 0.3) is 0 Å². The summed E-state index contributed by atoms with van der Waals surface area (Å²) >= 11 is 0. The van der Waals surface area contributed by atoms with E-state index in [1.54, 1.807) is 0 Å². The van der Waals surface area contributed by atoms with Crippen molar-refractivity contribution in [1.82, 2.24) is 5.32 Å². The van der Waals surface area contributed by atoms with Gasteiger partial charge in [0.15, 0.2) is 0 Å². The summed E-state index contributed by atoms with van der Waals surface area (Å²) in [6.45, 7) is 1.12. The summed E-state index contributed by atoms with van der Waals surface area (Å²) in [5.74, 6) is -0.210. The van der Waals surface area contributed by atoms with E-state index in [4.69, 9.17) is 0 Å². The van der Waals surface area contributed by atoms with Crippen LogP contribution in [-0.2, 0) is 4.79 Å². The Labute approximate surface area is 100.0 Å². The molecule has 0 aromatic carbocycles. The molecule has 1 atom stereocenters. The quantitative estimate of drug-likeness (QED) is 0.815. The highest BCUT2D eigenvalue weighted by atomic mass is 19.4. The second-order valence-corrected chi connectivity index (χ2v) is 4.88. The molecule has 2 nitrogen and oxygen atoms in total. The molecule has 0 aromatic rings. The zero-order valence-corrected chi connectivity index (χ0v) is 10.1. The Kier molecular flexibility index (Phi) is 5.28. The van der Waals surface area contributed by atoms with Gasteiger partial charge >= 0.3 is 6.18 Å². The fourth-order valence-corrected chi connectivity index (χ4v) is 2.44. The molecule has 0 aromatic heterocycles. The number of rotatable bonds is 4. The van der Waals surface area contributed by atoms with Crippen LogP contribution in [0.4, 0.5) is 13.2 Å². The van der Waals surface area contributed by atoms with E-state index >= 15 is 0 Å². The van der Waals surface area contributed by atoms with E-state index in [0.717, 1.165) is 32.6 Å². The number of alkyl halides is 3. The molecule has 100 valence electrons. The van der Waals surface area contributed by atoms with Crippen LogP contribution in [0.25, 0.3) is 0 Å². The molecule has 0 unspecified atom stereocenters. The van der Waals surface area contributed by atoms with Gasteiger partial charge in [0.2, 0.25) is 5.91 Å².